The number of carbonyl (C=O) groups excluding carboxylic acids is 2. The van der Waals surface area contributed by atoms with E-state index in [1.165, 1.54) is 11.9 Å². The second-order valence-electron chi connectivity index (χ2n) is 5.35. The molecule has 0 aromatic heterocycles. The molecule has 0 heterocycles. The molecule has 0 spiro atoms. The third kappa shape index (κ3) is 8.81. The van der Waals surface area contributed by atoms with Crippen LogP contribution < -0.4 is 0 Å². The Balaban J connectivity index is 4.02. The van der Waals surface area contributed by atoms with E-state index in [9.17, 15) is 9.59 Å². The molecule has 6 heteroatoms. The molecule has 21 heavy (non-hydrogen) atoms. The van der Waals surface area contributed by atoms with Gasteiger partial charge in [0.15, 0.2) is 0 Å². The van der Waals surface area contributed by atoms with Crippen LogP contribution in [0.5, 0.6) is 0 Å². The number of hydrogen-bond donors (Lipinski definition) is 0. The van der Waals surface area contributed by atoms with Gasteiger partial charge in [0, 0.05) is 18.8 Å². The molecule has 0 radical (unpaired) electrons. The van der Waals surface area contributed by atoms with Crippen LogP contribution in [-0.4, -0.2) is 49.1 Å². The Hall–Kier alpha value is -0.970. The molecule has 0 saturated carbocycles. The minimum atomic E-state index is -0.657. The lowest BCUT2D eigenvalue weighted by atomic mass is 10.2. The van der Waals surface area contributed by atoms with E-state index < -0.39 is 18.1 Å². The van der Waals surface area contributed by atoms with Crippen molar-refractivity contribution in [2.75, 3.05) is 26.1 Å². The highest BCUT2D eigenvalue weighted by Crippen LogP contribution is 2.06. The predicted molar refractivity (Wildman–Crippen MR) is 83.6 cm³/mol. The lowest BCUT2D eigenvalue weighted by molar-refractivity contribution is -0.148. The van der Waals surface area contributed by atoms with Crippen molar-refractivity contribution in [3.63, 3.8) is 0 Å². The summed E-state index contributed by atoms with van der Waals surface area (Å²) in [6.45, 7) is 6.27. The van der Waals surface area contributed by atoms with Crippen molar-refractivity contribution in [2.45, 2.75) is 52.5 Å². The molecule has 0 N–H and O–H groups in total. The number of hydrogen-bond acceptors (Lipinski definition) is 4. The van der Waals surface area contributed by atoms with Crippen molar-refractivity contribution < 1.29 is 19.1 Å². The molecule has 0 fully saturated rings. The standard InChI is InChI=1S/C15H28ClNO4/c1-5-6-7-8-9-20-14(18)13(3)17(4)15(19)21-11-12(2)10-16/h12-13H,5-11H2,1-4H3. The van der Waals surface area contributed by atoms with Crippen LogP contribution >= 0.6 is 11.6 Å². The van der Waals surface area contributed by atoms with Crippen LogP contribution in [0.1, 0.15) is 46.5 Å². The summed E-state index contributed by atoms with van der Waals surface area (Å²) in [4.78, 5) is 24.8. The van der Waals surface area contributed by atoms with Crippen molar-refractivity contribution in [1.82, 2.24) is 4.90 Å². The maximum Gasteiger partial charge on any atom is 0.410 e. The summed E-state index contributed by atoms with van der Waals surface area (Å²) in [5.74, 6) is 0.105. The lowest BCUT2D eigenvalue weighted by Crippen LogP contribution is -2.42. The first-order valence-corrected chi connectivity index (χ1v) is 8.09. The highest BCUT2D eigenvalue weighted by atomic mass is 35.5. The number of rotatable bonds is 10. The van der Waals surface area contributed by atoms with Crippen molar-refractivity contribution in [2.24, 2.45) is 5.92 Å². The number of amides is 1. The molecule has 0 aromatic rings. The van der Waals surface area contributed by atoms with Gasteiger partial charge in [-0.2, -0.15) is 0 Å². The highest BCUT2D eigenvalue weighted by molar-refractivity contribution is 6.18. The maximum atomic E-state index is 11.8. The summed E-state index contributed by atoms with van der Waals surface area (Å²) >= 11 is 5.64. The molecule has 124 valence electrons. The molecule has 0 rings (SSSR count). The van der Waals surface area contributed by atoms with Gasteiger partial charge in [-0.1, -0.05) is 33.1 Å². The Kier molecular flexibility index (Phi) is 11.1. The van der Waals surface area contributed by atoms with Crippen molar-refractivity contribution in [3.05, 3.63) is 0 Å². The van der Waals surface area contributed by atoms with Crippen molar-refractivity contribution >= 4 is 23.7 Å². The molecule has 1 amide bonds. The summed E-state index contributed by atoms with van der Waals surface area (Å²) in [5.41, 5.74) is 0. The highest BCUT2D eigenvalue weighted by Gasteiger charge is 2.25. The molecule has 0 saturated heterocycles. The van der Waals surface area contributed by atoms with E-state index in [-0.39, 0.29) is 12.5 Å². The topological polar surface area (TPSA) is 55.8 Å². The molecule has 2 unspecified atom stereocenters. The predicted octanol–water partition coefficient (Wildman–Crippen LogP) is 3.44. The Morgan fingerprint density at radius 1 is 1.14 bits per heavy atom. The zero-order valence-electron chi connectivity index (χ0n) is 13.6. The number of ether oxygens (including phenoxy) is 2. The Bertz CT molecular complexity index is 312. The average molecular weight is 322 g/mol. The largest absolute Gasteiger partial charge is 0.464 e. The first-order chi connectivity index (χ1) is 9.93. The lowest BCUT2D eigenvalue weighted by Gasteiger charge is -2.23. The maximum absolute atomic E-state index is 11.8. The minimum Gasteiger partial charge on any atom is -0.464 e. The van der Waals surface area contributed by atoms with Crippen LogP contribution in [0.4, 0.5) is 4.79 Å². The van der Waals surface area contributed by atoms with E-state index in [0.717, 1.165) is 25.7 Å². The van der Waals surface area contributed by atoms with Crippen LogP contribution in [0.25, 0.3) is 0 Å². The van der Waals surface area contributed by atoms with Crippen LogP contribution in [0, 0.1) is 5.92 Å². The molecule has 0 aliphatic heterocycles. The van der Waals surface area contributed by atoms with Gasteiger partial charge in [-0.3, -0.25) is 4.90 Å². The number of carbonyl (C=O) groups is 2. The van der Waals surface area contributed by atoms with Crippen LogP contribution in [0.2, 0.25) is 0 Å². The van der Waals surface area contributed by atoms with Gasteiger partial charge in [-0.05, 0) is 13.3 Å². The van der Waals surface area contributed by atoms with E-state index in [0.29, 0.717) is 12.5 Å². The van der Waals surface area contributed by atoms with E-state index in [1.807, 2.05) is 6.92 Å². The number of unbranched alkanes of at least 4 members (excludes halogenated alkanes) is 3. The number of likely N-dealkylation sites (N-methyl/N-ethyl adjacent to an activating group) is 1. The molecule has 2 atom stereocenters. The summed E-state index contributed by atoms with van der Waals surface area (Å²) < 4.78 is 10.2. The Morgan fingerprint density at radius 2 is 1.81 bits per heavy atom. The molecular formula is C15H28ClNO4. The normalized spacial score (nSPS) is 13.4. The summed E-state index contributed by atoms with van der Waals surface area (Å²) in [5, 5.41) is 0. The second-order valence-corrected chi connectivity index (χ2v) is 5.66. The monoisotopic (exact) mass is 321 g/mol. The number of alkyl halides is 1. The minimum absolute atomic E-state index is 0.0878. The van der Waals surface area contributed by atoms with Gasteiger partial charge in [0.2, 0.25) is 0 Å². The fourth-order valence-electron chi connectivity index (χ4n) is 1.50. The smallest absolute Gasteiger partial charge is 0.410 e. The molecule has 0 aliphatic rings. The number of esters is 1. The molecular weight excluding hydrogens is 294 g/mol. The summed E-state index contributed by atoms with van der Waals surface area (Å²) in [6.07, 6.45) is 3.64. The quantitative estimate of drug-likeness (QED) is 0.351. The third-order valence-corrected chi connectivity index (χ3v) is 3.73. The van der Waals surface area contributed by atoms with Gasteiger partial charge in [0.05, 0.1) is 13.2 Å². The fourth-order valence-corrected chi connectivity index (χ4v) is 1.59. The SMILES string of the molecule is CCCCCCOC(=O)C(C)N(C)C(=O)OCC(C)CCl. The van der Waals surface area contributed by atoms with E-state index in [4.69, 9.17) is 21.1 Å². The molecule has 0 aromatic carbocycles. The first-order valence-electron chi connectivity index (χ1n) is 7.56. The summed E-state index contributed by atoms with van der Waals surface area (Å²) in [6, 6.07) is -0.657. The van der Waals surface area contributed by atoms with Crippen molar-refractivity contribution in [1.29, 1.82) is 0 Å². The van der Waals surface area contributed by atoms with Gasteiger partial charge in [0.1, 0.15) is 6.04 Å². The zero-order valence-corrected chi connectivity index (χ0v) is 14.3. The summed E-state index contributed by atoms with van der Waals surface area (Å²) in [7, 11) is 1.52. The van der Waals surface area contributed by atoms with Gasteiger partial charge in [-0.15, -0.1) is 11.6 Å². The van der Waals surface area contributed by atoms with Crippen molar-refractivity contribution in [3.8, 4) is 0 Å². The average Bonchev–Trinajstić information content (AvgIpc) is 2.50. The van der Waals surface area contributed by atoms with E-state index >= 15 is 0 Å². The second kappa shape index (κ2) is 11.7. The molecule has 0 bridgehead atoms. The van der Waals surface area contributed by atoms with Gasteiger partial charge in [0.25, 0.3) is 0 Å². The third-order valence-electron chi connectivity index (χ3n) is 3.21. The van der Waals surface area contributed by atoms with Gasteiger partial charge >= 0.3 is 12.1 Å². The van der Waals surface area contributed by atoms with Crippen LogP contribution in [0.3, 0.4) is 0 Å². The molecule has 5 nitrogen and oxygen atoms in total. The van der Waals surface area contributed by atoms with Gasteiger partial charge in [-0.25, -0.2) is 9.59 Å². The Morgan fingerprint density at radius 3 is 2.38 bits per heavy atom. The first kappa shape index (κ1) is 20.0. The molecule has 0 aliphatic carbocycles. The zero-order chi connectivity index (χ0) is 16.3. The number of nitrogens with zero attached hydrogens (tertiary/aromatic N) is 1. The van der Waals surface area contributed by atoms with Crippen LogP contribution in [-0.2, 0) is 14.3 Å². The van der Waals surface area contributed by atoms with Crippen LogP contribution in [0.15, 0.2) is 0 Å². The Labute approximate surface area is 132 Å². The van der Waals surface area contributed by atoms with Gasteiger partial charge < -0.3 is 9.47 Å². The number of halogens is 1. The van der Waals surface area contributed by atoms with E-state index in [2.05, 4.69) is 6.92 Å². The fraction of sp³-hybridized carbons (Fsp3) is 0.867. The van der Waals surface area contributed by atoms with E-state index in [1.54, 1.807) is 6.92 Å².